The second kappa shape index (κ2) is 10.6. The van der Waals surface area contributed by atoms with Gasteiger partial charge in [0, 0.05) is 49.8 Å². The van der Waals surface area contributed by atoms with Crippen molar-refractivity contribution in [3.05, 3.63) is 163 Å². The van der Waals surface area contributed by atoms with Gasteiger partial charge in [-0.25, -0.2) is 4.98 Å². The second-order valence-corrected chi connectivity index (χ2v) is 14.4. The number of rotatable bonds is 4. The summed E-state index contributed by atoms with van der Waals surface area (Å²) >= 11 is 1.74. The number of hydrogen-bond acceptors (Lipinski definition) is 4. The van der Waals surface area contributed by atoms with E-state index in [1.165, 1.54) is 54.9 Å². The zero-order valence-corrected chi connectivity index (χ0v) is 28.0. The summed E-state index contributed by atoms with van der Waals surface area (Å²) in [7, 11) is 0. The van der Waals surface area contributed by atoms with Crippen molar-refractivity contribution in [3.63, 3.8) is 0 Å². The van der Waals surface area contributed by atoms with Crippen molar-refractivity contribution in [3.8, 4) is 33.5 Å². The van der Waals surface area contributed by atoms with Crippen molar-refractivity contribution in [1.82, 2.24) is 9.97 Å². The van der Waals surface area contributed by atoms with Crippen molar-refractivity contribution in [2.75, 3.05) is 4.90 Å². The molecule has 0 fully saturated rings. The Morgan fingerprint density at radius 2 is 1.31 bits per heavy atom. The first-order chi connectivity index (χ1) is 24.1. The van der Waals surface area contributed by atoms with Gasteiger partial charge in [-0.1, -0.05) is 123 Å². The van der Waals surface area contributed by atoms with E-state index in [1.54, 1.807) is 11.8 Å². The summed E-state index contributed by atoms with van der Waals surface area (Å²) < 4.78 is 0. The Morgan fingerprint density at radius 3 is 2.16 bits per heavy atom. The molecule has 0 N–H and O–H groups in total. The molecule has 1 aliphatic heterocycles. The van der Waals surface area contributed by atoms with Gasteiger partial charge in [-0.15, -0.1) is 0 Å². The smallest absolute Gasteiger partial charge is 0.112 e. The Labute approximate surface area is 289 Å². The number of fused-ring (bicyclic) bond motifs is 7. The van der Waals surface area contributed by atoms with E-state index < -0.39 is 0 Å². The van der Waals surface area contributed by atoms with Crippen LogP contribution in [0, 0.1) is 0 Å². The highest BCUT2D eigenvalue weighted by atomic mass is 32.2. The molecule has 2 aliphatic rings. The molecule has 3 heterocycles. The van der Waals surface area contributed by atoms with Gasteiger partial charge in [0.15, 0.2) is 0 Å². The lowest BCUT2D eigenvalue weighted by molar-refractivity contribution is 0.660. The molecule has 0 spiro atoms. The first-order valence-electron chi connectivity index (χ1n) is 16.7. The van der Waals surface area contributed by atoms with E-state index in [0.29, 0.717) is 0 Å². The van der Waals surface area contributed by atoms with E-state index >= 15 is 0 Å². The van der Waals surface area contributed by atoms with E-state index in [2.05, 4.69) is 164 Å². The molecule has 0 saturated carbocycles. The highest BCUT2D eigenvalue weighted by molar-refractivity contribution is 7.99. The van der Waals surface area contributed by atoms with Crippen molar-refractivity contribution in [2.24, 2.45) is 0 Å². The van der Waals surface area contributed by atoms with Gasteiger partial charge in [-0.2, -0.15) is 0 Å². The van der Waals surface area contributed by atoms with E-state index in [-0.39, 0.29) is 5.41 Å². The minimum absolute atomic E-state index is 0.101. The molecule has 3 nitrogen and oxygen atoms in total. The van der Waals surface area contributed by atoms with Crippen molar-refractivity contribution in [2.45, 2.75) is 29.2 Å². The van der Waals surface area contributed by atoms with Crippen LogP contribution in [0.25, 0.3) is 55.2 Å². The SMILES string of the molecule is CC1(C)c2ccccc2-c2c(N(c3ccc(-c4ccccc4)cc3)c3ccc4nc5c6c(nccc6c4c3)-c3ccccc3S5)cccc21. The Kier molecular flexibility index (Phi) is 6.15. The lowest BCUT2D eigenvalue weighted by atomic mass is 9.82. The molecule has 0 unspecified atom stereocenters. The maximum atomic E-state index is 5.23. The van der Waals surface area contributed by atoms with E-state index in [4.69, 9.17) is 9.97 Å². The van der Waals surface area contributed by atoms with Crippen LogP contribution in [-0.4, -0.2) is 9.97 Å². The third-order valence-corrected chi connectivity index (χ3v) is 11.4. The van der Waals surface area contributed by atoms with E-state index in [0.717, 1.165) is 38.4 Å². The van der Waals surface area contributed by atoms with Gasteiger partial charge in [-0.05, 0) is 81.7 Å². The summed E-state index contributed by atoms with van der Waals surface area (Å²) in [6.07, 6.45) is 1.95. The van der Waals surface area contributed by atoms with Crippen LogP contribution in [-0.2, 0) is 5.41 Å². The minimum atomic E-state index is -0.101. The fraction of sp³-hybridized carbons (Fsp3) is 0.0667. The molecule has 0 atom stereocenters. The summed E-state index contributed by atoms with van der Waals surface area (Å²) in [5, 5.41) is 4.45. The number of pyridine rings is 2. The molecular weight excluding hydrogens is 615 g/mol. The average Bonchev–Trinajstić information content (AvgIpc) is 3.39. The Morgan fingerprint density at radius 1 is 0.592 bits per heavy atom. The molecule has 1 aliphatic carbocycles. The van der Waals surface area contributed by atoms with Gasteiger partial charge in [0.1, 0.15) is 5.03 Å². The average molecular weight is 646 g/mol. The standard InChI is InChI=1S/C45H31N3S/c1-45(2)36-15-8-6-13-33(36)41-37(45)16-10-17-39(41)48(30-21-19-29(20-22-30)28-11-4-3-5-12-28)31-23-24-38-35(27-31)32-25-26-46-43-34-14-7-9-18-40(34)49-44(47-38)42(32)43/h3-27H,1-2H3. The van der Waals surface area contributed by atoms with Gasteiger partial charge in [0.2, 0.25) is 0 Å². The highest BCUT2D eigenvalue weighted by Gasteiger charge is 2.37. The molecule has 8 aromatic rings. The molecule has 0 radical (unpaired) electrons. The number of hydrogen-bond donors (Lipinski definition) is 0. The van der Waals surface area contributed by atoms with Crippen LogP contribution in [0.4, 0.5) is 17.1 Å². The maximum Gasteiger partial charge on any atom is 0.112 e. The molecule has 0 amide bonds. The largest absolute Gasteiger partial charge is 0.310 e. The second-order valence-electron chi connectivity index (χ2n) is 13.4. The van der Waals surface area contributed by atoms with Crippen LogP contribution >= 0.6 is 11.8 Å². The normalized spacial score (nSPS) is 13.6. The predicted molar refractivity (Wildman–Crippen MR) is 204 cm³/mol. The molecule has 10 rings (SSSR count). The van der Waals surface area contributed by atoms with Gasteiger partial charge in [0.05, 0.1) is 16.9 Å². The van der Waals surface area contributed by atoms with Crippen LogP contribution in [0.5, 0.6) is 0 Å². The van der Waals surface area contributed by atoms with E-state index in [1.807, 2.05) is 6.20 Å². The minimum Gasteiger partial charge on any atom is -0.310 e. The maximum absolute atomic E-state index is 5.23. The van der Waals surface area contributed by atoms with Gasteiger partial charge in [0.25, 0.3) is 0 Å². The Balaban J connectivity index is 1.22. The quantitative estimate of drug-likeness (QED) is 0.178. The Hall–Kier alpha value is -5.71. The van der Waals surface area contributed by atoms with Gasteiger partial charge < -0.3 is 4.90 Å². The lowest BCUT2D eigenvalue weighted by Gasteiger charge is -2.29. The van der Waals surface area contributed by atoms with Crippen LogP contribution in [0.2, 0.25) is 0 Å². The molecule has 2 aromatic heterocycles. The van der Waals surface area contributed by atoms with Gasteiger partial charge in [-0.3, -0.25) is 4.98 Å². The van der Waals surface area contributed by atoms with Crippen molar-refractivity contribution in [1.29, 1.82) is 0 Å². The molecule has 0 saturated heterocycles. The van der Waals surface area contributed by atoms with Crippen LogP contribution < -0.4 is 4.90 Å². The molecular formula is C45H31N3S. The summed E-state index contributed by atoms with van der Waals surface area (Å²) in [5.74, 6) is 0. The number of aromatic nitrogens is 2. The zero-order valence-electron chi connectivity index (χ0n) is 27.2. The fourth-order valence-electron chi connectivity index (χ4n) is 7.96. The molecule has 232 valence electrons. The first kappa shape index (κ1) is 28.3. The molecule has 6 aromatic carbocycles. The van der Waals surface area contributed by atoms with Gasteiger partial charge >= 0.3 is 0 Å². The van der Waals surface area contributed by atoms with E-state index in [9.17, 15) is 0 Å². The fourth-order valence-corrected chi connectivity index (χ4v) is 9.04. The van der Waals surface area contributed by atoms with Crippen molar-refractivity contribution >= 4 is 50.5 Å². The Bertz CT molecular complexity index is 2610. The van der Waals surface area contributed by atoms with Crippen LogP contribution in [0.15, 0.2) is 162 Å². The zero-order chi connectivity index (χ0) is 32.7. The van der Waals surface area contributed by atoms with Crippen LogP contribution in [0.3, 0.4) is 0 Å². The third kappa shape index (κ3) is 4.24. The van der Waals surface area contributed by atoms with Crippen molar-refractivity contribution < 1.29 is 0 Å². The highest BCUT2D eigenvalue weighted by Crippen LogP contribution is 2.54. The topological polar surface area (TPSA) is 29.0 Å². The number of anilines is 3. The molecule has 0 bridgehead atoms. The van der Waals surface area contributed by atoms with Crippen LogP contribution in [0.1, 0.15) is 25.0 Å². The lowest BCUT2D eigenvalue weighted by Crippen LogP contribution is -2.16. The number of benzene rings is 6. The predicted octanol–water partition coefficient (Wildman–Crippen LogP) is 12.4. The third-order valence-electron chi connectivity index (χ3n) is 10.3. The molecule has 49 heavy (non-hydrogen) atoms. The first-order valence-corrected chi connectivity index (χ1v) is 17.6. The summed E-state index contributed by atoms with van der Waals surface area (Å²) in [4.78, 5) is 13.7. The monoisotopic (exact) mass is 645 g/mol. The number of nitrogens with zero attached hydrogens (tertiary/aromatic N) is 3. The summed E-state index contributed by atoms with van der Waals surface area (Å²) in [6.45, 7) is 4.69. The molecule has 4 heteroatoms. The summed E-state index contributed by atoms with van der Waals surface area (Å²) in [6, 6.07) is 52.7. The summed E-state index contributed by atoms with van der Waals surface area (Å²) in [5.41, 5.74) is 14.2.